The van der Waals surface area contributed by atoms with E-state index in [4.69, 9.17) is 9.47 Å². The van der Waals surface area contributed by atoms with Gasteiger partial charge in [-0.1, -0.05) is 421 Å². The SMILES string of the molecule is CC/C=C\C/C=C\C/C=C\C/C=C\CCCCCCCCCCCCCCCCCCCCCCCCCCCCCCC(=O)OC(CO)COC(=O)CCCCCCCCCCCCCCCCCCCCCCCCC/C=C\CCCCCCCCCC. The molecule has 0 spiro atoms. The Balaban J connectivity index is 3.35. The minimum Gasteiger partial charge on any atom is -0.462 e. The number of hydrogen-bond donors (Lipinski definition) is 1. The Morgan fingerprint density at radius 3 is 0.733 bits per heavy atom. The van der Waals surface area contributed by atoms with Crippen LogP contribution < -0.4 is 0 Å². The maximum absolute atomic E-state index is 12.4. The van der Waals surface area contributed by atoms with Crippen molar-refractivity contribution >= 4 is 11.9 Å². The summed E-state index contributed by atoms with van der Waals surface area (Å²) in [6.45, 7) is 4.09. The van der Waals surface area contributed by atoms with E-state index in [0.717, 1.165) is 57.8 Å². The summed E-state index contributed by atoms with van der Waals surface area (Å²) in [4.78, 5) is 24.7. The van der Waals surface area contributed by atoms with Crippen LogP contribution in [0.4, 0.5) is 0 Å². The highest BCUT2D eigenvalue weighted by Crippen LogP contribution is 2.20. The van der Waals surface area contributed by atoms with E-state index in [2.05, 4.69) is 74.6 Å². The summed E-state index contributed by atoms with van der Waals surface area (Å²) in [5.74, 6) is -0.562. The molecule has 0 rings (SSSR count). The largest absolute Gasteiger partial charge is 0.462 e. The molecule has 5 heteroatoms. The first kappa shape index (κ1) is 87.6. The first-order valence-electron chi connectivity index (χ1n) is 40.8. The number of esters is 2. The standard InChI is InChI=1S/C85H158O5/c1-3-5-7-9-11-13-15-17-19-21-23-25-27-29-31-33-35-37-39-40-41-42-43-44-46-48-50-52-54-56-58-60-62-64-66-68-70-72-74-76-78-80-85(88)90-83(81-86)82-89-84(87)79-77-75-73-71-69-67-65-63-61-59-57-55-53-51-49-47-45-38-36-34-32-30-28-26-24-22-20-18-16-14-12-10-8-6-4-2/h5,7,11,13,17,19,22-25,83,86H,3-4,6,8-10,12,14-16,18,20-21,26-82H2,1-2H3/b7-5-,13-11-,19-17-,24-22-,25-23-. The number of ether oxygens (including phenoxy) is 2. The normalized spacial score (nSPS) is 12.4. The fraction of sp³-hybridized carbons (Fsp3) is 0.859. The minimum absolute atomic E-state index is 0.0587. The van der Waals surface area contributed by atoms with E-state index in [1.54, 1.807) is 0 Å². The number of carbonyl (C=O) groups excluding carboxylic acids is 2. The fourth-order valence-electron chi connectivity index (χ4n) is 12.7. The van der Waals surface area contributed by atoms with Crippen LogP contribution in [0.3, 0.4) is 0 Å². The molecule has 1 N–H and O–H groups in total. The maximum Gasteiger partial charge on any atom is 0.306 e. The van der Waals surface area contributed by atoms with Crippen molar-refractivity contribution in [2.75, 3.05) is 13.2 Å². The number of rotatable bonds is 77. The third kappa shape index (κ3) is 78.0. The van der Waals surface area contributed by atoms with Crippen molar-refractivity contribution in [3.05, 3.63) is 60.8 Å². The van der Waals surface area contributed by atoms with Gasteiger partial charge >= 0.3 is 11.9 Å². The van der Waals surface area contributed by atoms with Gasteiger partial charge in [-0.15, -0.1) is 0 Å². The molecule has 0 radical (unpaired) electrons. The number of hydrogen-bond acceptors (Lipinski definition) is 5. The van der Waals surface area contributed by atoms with Crippen LogP contribution in [0.5, 0.6) is 0 Å². The first-order valence-corrected chi connectivity index (χ1v) is 40.8. The molecular weight excluding hydrogens is 1100 g/mol. The van der Waals surface area contributed by atoms with Gasteiger partial charge in [0.05, 0.1) is 6.61 Å². The number of allylic oxidation sites excluding steroid dienone is 10. The van der Waals surface area contributed by atoms with Crippen molar-refractivity contribution in [3.8, 4) is 0 Å². The van der Waals surface area contributed by atoms with Gasteiger partial charge in [-0.3, -0.25) is 9.59 Å². The molecule has 528 valence electrons. The Labute approximate surface area is 563 Å². The topological polar surface area (TPSA) is 72.8 Å². The lowest BCUT2D eigenvalue weighted by Crippen LogP contribution is -2.28. The zero-order valence-electron chi connectivity index (χ0n) is 60.9. The van der Waals surface area contributed by atoms with Gasteiger partial charge < -0.3 is 14.6 Å². The molecule has 0 heterocycles. The number of aliphatic hydroxyl groups excluding tert-OH is 1. The number of carbonyl (C=O) groups is 2. The molecule has 0 aliphatic heterocycles. The van der Waals surface area contributed by atoms with Crippen molar-refractivity contribution in [2.45, 2.75) is 457 Å². The summed E-state index contributed by atoms with van der Waals surface area (Å²) in [5.41, 5.74) is 0. The summed E-state index contributed by atoms with van der Waals surface area (Å²) in [6, 6.07) is 0. The molecule has 5 nitrogen and oxygen atoms in total. The van der Waals surface area contributed by atoms with E-state index in [1.807, 2.05) is 0 Å². The van der Waals surface area contributed by atoms with Crippen LogP contribution in [-0.2, 0) is 19.1 Å². The molecule has 1 atom stereocenters. The molecule has 0 saturated carbocycles. The van der Waals surface area contributed by atoms with E-state index in [-0.39, 0.29) is 25.2 Å². The third-order valence-corrected chi connectivity index (χ3v) is 18.8. The summed E-state index contributed by atoms with van der Waals surface area (Å²) < 4.78 is 10.8. The second-order valence-corrected chi connectivity index (χ2v) is 27.8. The highest BCUT2D eigenvalue weighted by atomic mass is 16.6. The predicted molar refractivity (Wildman–Crippen MR) is 399 cm³/mol. The van der Waals surface area contributed by atoms with Crippen LogP contribution in [0.15, 0.2) is 60.8 Å². The quantitative estimate of drug-likeness (QED) is 0.0373. The lowest BCUT2D eigenvalue weighted by molar-refractivity contribution is -0.161. The van der Waals surface area contributed by atoms with Crippen LogP contribution in [0.25, 0.3) is 0 Å². The Bertz CT molecular complexity index is 1520. The molecule has 0 aliphatic carbocycles. The number of unbranched alkanes of at least 4 members (excludes halogenated alkanes) is 59. The Morgan fingerprint density at radius 1 is 0.267 bits per heavy atom. The third-order valence-electron chi connectivity index (χ3n) is 18.8. The highest BCUT2D eigenvalue weighted by molar-refractivity contribution is 5.70. The Kier molecular flexibility index (Phi) is 78.7. The summed E-state index contributed by atoms with van der Waals surface area (Å²) >= 11 is 0. The summed E-state index contributed by atoms with van der Waals surface area (Å²) in [7, 11) is 0. The Hall–Kier alpha value is -2.40. The fourth-order valence-corrected chi connectivity index (χ4v) is 12.7. The summed E-state index contributed by atoms with van der Waals surface area (Å²) in [6.07, 6.45) is 112. The van der Waals surface area contributed by atoms with Gasteiger partial charge in [-0.25, -0.2) is 0 Å². The molecule has 0 saturated heterocycles. The molecule has 0 aromatic carbocycles. The second kappa shape index (κ2) is 80.8. The van der Waals surface area contributed by atoms with Crippen molar-refractivity contribution in [2.24, 2.45) is 0 Å². The zero-order valence-corrected chi connectivity index (χ0v) is 60.9. The van der Waals surface area contributed by atoms with Crippen LogP contribution in [0, 0.1) is 0 Å². The molecule has 0 bridgehead atoms. The molecule has 0 aromatic rings. The molecule has 0 amide bonds. The van der Waals surface area contributed by atoms with Crippen LogP contribution in [-0.4, -0.2) is 36.4 Å². The predicted octanol–water partition coefficient (Wildman–Crippen LogP) is 28.8. The molecular formula is C85H158O5. The second-order valence-electron chi connectivity index (χ2n) is 27.8. The smallest absolute Gasteiger partial charge is 0.306 e. The molecule has 0 fully saturated rings. The zero-order chi connectivity index (χ0) is 64.7. The van der Waals surface area contributed by atoms with Crippen LogP contribution in [0.2, 0.25) is 0 Å². The molecule has 0 aromatic heterocycles. The van der Waals surface area contributed by atoms with Crippen molar-refractivity contribution in [3.63, 3.8) is 0 Å². The van der Waals surface area contributed by atoms with Gasteiger partial charge in [0.15, 0.2) is 6.10 Å². The van der Waals surface area contributed by atoms with Gasteiger partial charge in [-0.05, 0) is 77.0 Å². The molecule has 90 heavy (non-hydrogen) atoms. The molecule has 1 unspecified atom stereocenters. The van der Waals surface area contributed by atoms with Gasteiger partial charge in [0.25, 0.3) is 0 Å². The van der Waals surface area contributed by atoms with Gasteiger partial charge in [0.1, 0.15) is 6.61 Å². The molecule has 0 aliphatic rings. The van der Waals surface area contributed by atoms with Gasteiger partial charge in [0.2, 0.25) is 0 Å². The first-order chi connectivity index (χ1) is 44.6. The van der Waals surface area contributed by atoms with E-state index in [0.29, 0.717) is 12.8 Å². The van der Waals surface area contributed by atoms with Gasteiger partial charge in [0, 0.05) is 12.8 Å². The van der Waals surface area contributed by atoms with Crippen LogP contribution >= 0.6 is 0 Å². The van der Waals surface area contributed by atoms with Crippen molar-refractivity contribution in [1.29, 1.82) is 0 Å². The van der Waals surface area contributed by atoms with E-state index in [9.17, 15) is 14.7 Å². The lowest BCUT2D eigenvalue weighted by atomic mass is 10.0. The van der Waals surface area contributed by atoms with Crippen molar-refractivity contribution < 1.29 is 24.2 Å². The maximum atomic E-state index is 12.4. The lowest BCUT2D eigenvalue weighted by Gasteiger charge is -2.15. The highest BCUT2D eigenvalue weighted by Gasteiger charge is 2.16. The average Bonchev–Trinajstić information content (AvgIpc) is 3.60. The van der Waals surface area contributed by atoms with Crippen LogP contribution in [0.1, 0.15) is 450 Å². The number of aliphatic hydroxyl groups is 1. The van der Waals surface area contributed by atoms with E-state index >= 15 is 0 Å². The summed E-state index contributed by atoms with van der Waals surface area (Å²) in [5, 5.41) is 9.73. The van der Waals surface area contributed by atoms with E-state index < -0.39 is 6.10 Å². The minimum atomic E-state index is -0.771. The Morgan fingerprint density at radius 2 is 0.478 bits per heavy atom. The van der Waals surface area contributed by atoms with E-state index in [1.165, 1.54) is 366 Å². The van der Waals surface area contributed by atoms with Crippen molar-refractivity contribution in [1.82, 2.24) is 0 Å². The van der Waals surface area contributed by atoms with Gasteiger partial charge in [-0.2, -0.15) is 0 Å². The monoisotopic (exact) mass is 1260 g/mol. The average molecular weight is 1260 g/mol.